The first kappa shape index (κ1) is 21.8. The van der Waals surface area contributed by atoms with Crippen LogP contribution in [0.3, 0.4) is 0 Å². The molecular formula is C24H27FN6O. The van der Waals surface area contributed by atoms with Crippen LogP contribution >= 0.6 is 0 Å². The zero-order valence-corrected chi connectivity index (χ0v) is 18.3. The summed E-state index contributed by atoms with van der Waals surface area (Å²) in [5.41, 5.74) is 2.76. The van der Waals surface area contributed by atoms with Crippen LogP contribution in [0.2, 0.25) is 0 Å². The summed E-state index contributed by atoms with van der Waals surface area (Å²) in [5.74, 6) is 1.47. The predicted molar refractivity (Wildman–Crippen MR) is 120 cm³/mol. The van der Waals surface area contributed by atoms with Gasteiger partial charge in [-0.25, -0.2) is 14.4 Å². The van der Waals surface area contributed by atoms with E-state index in [4.69, 9.17) is 9.97 Å². The van der Waals surface area contributed by atoms with Crippen molar-refractivity contribution in [3.05, 3.63) is 77.5 Å². The fraction of sp³-hybridized carbons (Fsp3) is 0.375. The number of hydrogen-bond acceptors (Lipinski definition) is 6. The minimum atomic E-state index is -0.242. The van der Waals surface area contributed by atoms with E-state index in [1.54, 1.807) is 25.5 Å². The first-order valence-electron chi connectivity index (χ1n) is 10.9. The highest BCUT2D eigenvalue weighted by molar-refractivity contribution is 5.73. The molecule has 2 aromatic heterocycles. The van der Waals surface area contributed by atoms with Gasteiger partial charge in [0.15, 0.2) is 0 Å². The Labute approximate surface area is 187 Å². The molecule has 1 saturated heterocycles. The summed E-state index contributed by atoms with van der Waals surface area (Å²) in [6.07, 6.45) is 7.14. The highest BCUT2D eigenvalue weighted by Gasteiger charge is 2.25. The molecule has 0 unspecified atom stereocenters. The van der Waals surface area contributed by atoms with Crippen LogP contribution in [0.5, 0.6) is 0 Å². The van der Waals surface area contributed by atoms with E-state index in [0.29, 0.717) is 19.4 Å². The van der Waals surface area contributed by atoms with E-state index in [0.717, 1.165) is 41.6 Å². The molecule has 166 valence electrons. The molecule has 1 N–H and O–H groups in total. The van der Waals surface area contributed by atoms with Gasteiger partial charge in [-0.05, 0) is 30.0 Å². The summed E-state index contributed by atoms with van der Waals surface area (Å²) >= 11 is 0. The Morgan fingerprint density at radius 2 is 2.03 bits per heavy atom. The Morgan fingerprint density at radius 3 is 2.75 bits per heavy atom. The van der Waals surface area contributed by atoms with Gasteiger partial charge in [0.2, 0.25) is 5.91 Å². The van der Waals surface area contributed by atoms with Crippen molar-refractivity contribution in [1.82, 2.24) is 25.3 Å². The minimum absolute atomic E-state index is 0.0170. The zero-order chi connectivity index (χ0) is 22.5. The Morgan fingerprint density at radius 1 is 1.22 bits per heavy atom. The molecule has 1 fully saturated rings. The molecule has 7 nitrogen and oxygen atoms in total. The number of carbonyl (C=O) groups is 1. The quantitative estimate of drug-likeness (QED) is 0.615. The van der Waals surface area contributed by atoms with Crippen LogP contribution in [-0.2, 0) is 17.6 Å². The summed E-state index contributed by atoms with van der Waals surface area (Å²) < 4.78 is 13.3. The largest absolute Gasteiger partial charge is 0.354 e. The number of amides is 1. The lowest BCUT2D eigenvalue weighted by atomic mass is 9.97. The minimum Gasteiger partial charge on any atom is -0.354 e. The van der Waals surface area contributed by atoms with Crippen LogP contribution in [0.4, 0.5) is 10.2 Å². The van der Waals surface area contributed by atoms with Crippen molar-refractivity contribution in [3.8, 4) is 0 Å². The molecule has 2 atom stereocenters. The van der Waals surface area contributed by atoms with Crippen molar-refractivity contribution in [2.24, 2.45) is 0 Å². The summed E-state index contributed by atoms with van der Waals surface area (Å²) in [6, 6.07) is 8.69. The Hall–Kier alpha value is -3.42. The molecule has 0 bridgehead atoms. The van der Waals surface area contributed by atoms with Gasteiger partial charge in [0, 0.05) is 63.6 Å². The molecule has 0 aliphatic carbocycles. The zero-order valence-electron chi connectivity index (χ0n) is 18.3. The lowest BCUT2D eigenvalue weighted by Gasteiger charge is -2.20. The van der Waals surface area contributed by atoms with Crippen molar-refractivity contribution in [3.63, 3.8) is 0 Å². The van der Waals surface area contributed by atoms with Crippen molar-refractivity contribution < 1.29 is 9.18 Å². The van der Waals surface area contributed by atoms with E-state index in [-0.39, 0.29) is 23.7 Å². The van der Waals surface area contributed by atoms with E-state index in [1.165, 1.54) is 12.1 Å². The number of aromatic nitrogens is 4. The van der Waals surface area contributed by atoms with Crippen LogP contribution in [0.15, 0.2) is 48.9 Å². The van der Waals surface area contributed by atoms with Gasteiger partial charge in [-0.2, -0.15) is 0 Å². The molecule has 1 amide bonds. The van der Waals surface area contributed by atoms with Gasteiger partial charge in [0.05, 0.1) is 11.4 Å². The third kappa shape index (κ3) is 5.63. The molecule has 1 aromatic carbocycles. The number of hydrogen-bond donors (Lipinski definition) is 1. The SMILES string of the molecule is CC(=O)N[C@@H]1CCN(c2cc(Cc3cnccn3)nc(C[C@@H](C)c3ccc(F)cc3)n2)C1. The van der Waals surface area contributed by atoms with E-state index in [2.05, 4.69) is 27.1 Å². The van der Waals surface area contributed by atoms with Gasteiger partial charge in [0.1, 0.15) is 17.5 Å². The molecule has 3 heterocycles. The number of nitrogens with zero attached hydrogens (tertiary/aromatic N) is 5. The topological polar surface area (TPSA) is 83.9 Å². The van der Waals surface area contributed by atoms with Crippen LogP contribution in [-0.4, -0.2) is 45.0 Å². The fourth-order valence-electron chi connectivity index (χ4n) is 4.04. The molecule has 4 rings (SSSR count). The van der Waals surface area contributed by atoms with Crippen LogP contribution in [0.1, 0.15) is 49.0 Å². The second kappa shape index (κ2) is 9.80. The number of carbonyl (C=O) groups excluding carboxylic acids is 1. The second-order valence-electron chi connectivity index (χ2n) is 8.30. The Bertz CT molecular complexity index is 1060. The van der Waals surface area contributed by atoms with Gasteiger partial charge in [-0.1, -0.05) is 19.1 Å². The molecule has 0 radical (unpaired) electrons. The lowest BCUT2D eigenvalue weighted by molar-refractivity contribution is -0.119. The van der Waals surface area contributed by atoms with E-state index in [1.807, 2.05) is 18.2 Å². The standard InChI is InChI=1S/C24H27FN6O/c1-16(18-3-5-19(25)6-4-18)11-23-29-21(12-22-14-26-8-9-27-22)13-24(30-23)31-10-7-20(15-31)28-17(2)32/h3-6,8-9,13-14,16,20H,7,10-12,15H2,1-2H3,(H,28,32)/t16-,20-/m1/s1. The first-order chi connectivity index (χ1) is 15.5. The van der Waals surface area contributed by atoms with E-state index < -0.39 is 0 Å². The average molecular weight is 435 g/mol. The number of anilines is 1. The van der Waals surface area contributed by atoms with Gasteiger partial charge in [0.25, 0.3) is 0 Å². The van der Waals surface area contributed by atoms with Crippen molar-refractivity contribution in [2.75, 3.05) is 18.0 Å². The van der Waals surface area contributed by atoms with E-state index in [9.17, 15) is 9.18 Å². The third-order valence-corrected chi connectivity index (χ3v) is 5.64. The van der Waals surface area contributed by atoms with Crippen molar-refractivity contribution >= 4 is 11.7 Å². The lowest BCUT2D eigenvalue weighted by Crippen LogP contribution is -2.35. The summed E-state index contributed by atoms with van der Waals surface area (Å²) in [4.78, 5) is 31.8. The van der Waals surface area contributed by atoms with Gasteiger partial charge < -0.3 is 10.2 Å². The summed E-state index contributed by atoms with van der Waals surface area (Å²) in [5, 5.41) is 3.00. The molecule has 8 heteroatoms. The summed E-state index contributed by atoms with van der Waals surface area (Å²) in [7, 11) is 0. The fourth-order valence-corrected chi connectivity index (χ4v) is 4.04. The number of nitrogens with one attached hydrogen (secondary N) is 1. The van der Waals surface area contributed by atoms with Crippen molar-refractivity contribution in [1.29, 1.82) is 0 Å². The van der Waals surface area contributed by atoms with Gasteiger partial charge in [-0.15, -0.1) is 0 Å². The normalized spacial score (nSPS) is 16.7. The monoisotopic (exact) mass is 434 g/mol. The molecule has 3 aromatic rings. The Kier molecular flexibility index (Phi) is 6.68. The Balaban J connectivity index is 1.58. The maximum atomic E-state index is 13.3. The maximum absolute atomic E-state index is 13.3. The van der Waals surface area contributed by atoms with Gasteiger partial charge in [-0.3, -0.25) is 14.8 Å². The molecule has 0 saturated carbocycles. The molecule has 1 aliphatic rings. The highest BCUT2D eigenvalue weighted by Crippen LogP contribution is 2.24. The number of halogens is 1. The maximum Gasteiger partial charge on any atom is 0.217 e. The molecule has 0 spiro atoms. The van der Waals surface area contributed by atoms with E-state index >= 15 is 0 Å². The van der Waals surface area contributed by atoms with Gasteiger partial charge >= 0.3 is 0 Å². The third-order valence-electron chi connectivity index (χ3n) is 5.64. The van der Waals surface area contributed by atoms with Crippen LogP contribution < -0.4 is 10.2 Å². The van der Waals surface area contributed by atoms with Crippen LogP contribution in [0.25, 0.3) is 0 Å². The number of rotatable bonds is 7. The first-order valence-corrected chi connectivity index (χ1v) is 10.9. The number of benzene rings is 1. The average Bonchev–Trinajstić information content (AvgIpc) is 3.22. The highest BCUT2D eigenvalue weighted by atomic mass is 19.1. The molecule has 1 aliphatic heterocycles. The predicted octanol–water partition coefficient (Wildman–Crippen LogP) is 3.06. The molecule has 32 heavy (non-hydrogen) atoms. The van der Waals surface area contributed by atoms with Crippen LogP contribution in [0, 0.1) is 5.82 Å². The van der Waals surface area contributed by atoms with Crippen molar-refractivity contribution in [2.45, 2.75) is 45.1 Å². The smallest absolute Gasteiger partial charge is 0.217 e. The molecular weight excluding hydrogens is 407 g/mol. The second-order valence-corrected chi connectivity index (χ2v) is 8.30. The summed E-state index contributed by atoms with van der Waals surface area (Å²) in [6.45, 7) is 5.17.